The number of aromatic nitrogens is 4. The number of aryl methyl sites for hydroxylation is 1. The molecule has 31 heavy (non-hydrogen) atoms. The second-order valence-electron chi connectivity index (χ2n) is 8.80. The van der Waals surface area contributed by atoms with Crippen molar-refractivity contribution in [3.63, 3.8) is 0 Å². The zero-order valence-corrected chi connectivity index (χ0v) is 19.0. The molecule has 0 aromatic carbocycles. The van der Waals surface area contributed by atoms with E-state index in [1.165, 1.54) is 62.7 Å². The molecule has 1 aliphatic heterocycles. The Morgan fingerprint density at radius 2 is 1.90 bits per heavy atom. The molecule has 4 heterocycles. The van der Waals surface area contributed by atoms with Crippen molar-refractivity contribution in [3.05, 3.63) is 23.2 Å². The molecule has 1 N–H and O–H groups in total. The van der Waals surface area contributed by atoms with Crippen LogP contribution >= 0.6 is 11.3 Å². The van der Waals surface area contributed by atoms with Gasteiger partial charge in [-0.1, -0.05) is 25.7 Å². The van der Waals surface area contributed by atoms with Gasteiger partial charge in [0.15, 0.2) is 5.65 Å². The monoisotopic (exact) mass is 438 g/mol. The van der Waals surface area contributed by atoms with E-state index in [9.17, 15) is 4.79 Å². The van der Waals surface area contributed by atoms with Crippen LogP contribution in [-0.4, -0.2) is 45.3 Å². The Labute approximate surface area is 186 Å². The lowest BCUT2D eigenvalue weighted by molar-refractivity contribution is 0.0951. The highest BCUT2D eigenvalue weighted by Crippen LogP contribution is 2.32. The molecule has 0 bridgehead atoms. The summed E-state index contributed by atoms with van der Waals surface area (Å²) >= 11 is 1.40. The number of nitrogens with zero attached hydrogens (tertiary/aromatic N) is 5. The van der Waals surface area contributed by atoms with E-state index in [0.717, 1.165) is 47.2 Å². The molecule has 7 nitrogen and oxygen atoms in total. The van der Waals surface area contributed by atoms with Gasteiger partial charge in [0.1, 0.15) is 21.4 Å². The van der Waals surface area contributed by atoms with Gasteiger partial charge in [0.05, 0.1) is 6.20 Å². The number of anilines is 1. The quantitative estimate of drug-likeness (QED) is 0.639. The third-order valence-electron chi connectivity index (χ3n) is 6.56. The van der Waals surface area contributed by atoms with E-state index in [1.54, 1.807) is 6.20 Å². The summed E-state index contributed by atoms with van der Waals surface area (Å²) in [5.41, 5.74) is 1.66. The van der Waals surface area contributed by atoms with Crippen LogP contribution in [0, 0.1) is 5.92 Å². The highest BCUT2D eigenvalue weighted by atomic mass is 32.1. The number of nitrogens with one attached hydrogen (secondary N) is 1. The van der Waals surface area contributed by atoms with Crippen molar-refractivity contribution in [2.24, 2.45) is 13.0 Å². The Morgan fingerprint density at radius 1 is 1.13 bits per heavy atom. The lowest BCUT2D eigenvalue weighted by Gasteiger charge is -2.21. The molecule has 0 spiro atoms. The normalized spacial score (nSPS) is 17.9. The summed E-state index contributed by atoms with van der Waals surface area (Å²) in [5, 5.41) is 9.53. The zero-order valence-electron chi connectivity index (χ0n) is 18.1. The summed E-state index contributed by atoms with van der Waals surface area (Å²) < 4.78 is 1.83. The Morgan fingerprint density at radius 3 is 2.68 bits per heavy atom. The van der Waals surface area contributed by atoms with Crippen molar-refractivity contribution >= 4 is 34.1 Å². The van der Waals surface area contributed by atoms with Gasteiger partial charge in [0.25, 0.3) is 5.91 Å². The molecule has 8 heteroatoms. The fourth-order valence-corrected chi connectivity index (χ4v) is 5.61. The molecule has 0 unspecified atom stereocenters. The highest BCUT2D eigenvalue weighted by molar-refractivity contribution is 7.17. The van der Waals surface area contributed by atoms with Crippen molar-refractivity contribution in [2.75, 3.05) is 24.5 Å². The lowest BCUT2D eigenvalue weighted by Crippen LogP contribution is -2.27. The van der Waals surface area contributed by atoms with Crippen LogP contribution in [0.5, 0.6) is 0 Å². The second kappa shape index (κ2) is 8.94. The van der Waals surface area contributed by atoms with Crippen molar-refractivity contribution in [3.8, 4) is 10.7 Å². The fourth-order valence-electron chi connectivity index (χ4n) is 4.78. The van der Waals surface area contributed by atoms with Gasteiger partial charge in [-0.2, -0.15) is 5.10 Å². The second-order valence-corrected chi connectivity index (χ2v) is 9.83. The number of thiazole rings is 1. The standard InChI is InChI=1S/C23H30N6OS/c1-28-21-17(10-11-19(26-21)29-12-6-2-3-7-13-29)20(27-28)23-25-15-18(31-23)22(30)24-14-16-8-4-5-9-16/h10-11,15-16H,2-9,12-14H2,1H3,(H,24,30). The molecule has 164 valence electrons. The van der Waals surface area contributed by atoms with E-state index < -0.39 is 0 Å². The number of fused-ring (bicyclic) bond motifs is 1. The first-order valence-corrected chi connectivity index (χ1v) is 12.3. The molecule has 1 aliphatic carbocycles. The minimum absolute atomic E-state index is 0.0301. The molecule has 1 saturated carbocycles. The Balaban J connectivity index is 1.36. The molecule has 0 radical (unpaired) electrons. The summed E-state index contributed by atoms with van der Waals surface area (Å²) in [5.74, 6) is 1.62. The Kier molecular flexibility index (Phi) is 5.89. The summed E-state index contributed by atoms with van der Waals surface area (Å²) in [6.45, 7) is 2.89. The molecular weight excluding hydrogens is 408 g/mol. The van der Waals surface area contributed by atoms with Gasteiger partial charge in [0.2, 0.25) is 0 Å². The number of amides is 1. The number of carbonyl (C=O) groups excluding carboxylic acids is 1. The number of pyridine rings is 1. The van der Waals surface area contributed by atoms with Crippen LogP contribution in [0.2, 0.25) is 0 Å². The third-order valence-corrected chi connectivity index (χ3v) is 7.56. The summed E-state index contributed by atoms with van der Waals surface area (Å²) in [7, 11) is 1.92. The average Bonchev–Trinajstić information content (AvgIpc) is 3.49. The van der Waals surface area contributed by atoms with Gasteiger partial charge in [0, 0.05) is 32.1 Å². The number of carbonyl (C=O) groups is 1. The summed E-state index contributed by atoms with van der Waals surface area (Å²) in [6.07, 6.45) is 11.7. The molecule has 1 amide bonds. The Bertz CT molecular complexity index is 1060. The van der Waals surface area contributed by atoms with Crippen molar-refractivity contribution < 1.29 is 4.79 Å². The number of hydrogen-bond donors (Lipinski definition) is 1. The molecule has 2 fully saturated rings. The predicted molar refractivity (Wildman–Crippen MR) is 125 cm³/mol. The summed E-state index contributed by atoms with van der Waals surface area (Å²) in [4.78, 5) is 25.0. The largest absolute Gasteiger partial charge is 0.357 e. The number of rotatable bonds is 5. The molecule has 2 aliphatic rings. The van der Waals surface area contributed by atoms with Crippen LogP contribution in [0.4, 0.5) is 5.82 Å². The van der Waals surface area contributed by atoms with Crippen molar-refractivity contribution in [2.45, 2.75) is 51.4 Å². The first-order valence-electron chi connectivity index (χ1n) is 11.5. The van der Waals surface area contributed by atoms with E-state index >= 15 is 0 Å². The molecule has 0 atom stereocenters. The Hall–Kier alpha value is -2.48. The molecule has 3 aromatic heterocycles. The minimum atomic E-state index is -0.0301. The van der Waals surface area contributed by atoms with Gasteiger partial charge >= 0.3 is 0 Å². The van der Waals surface area contributed by atoms with Crippen LogP contribution < -0.4 is 10.2 Å². The minimum Gasteiger partial charge on any atom is -0.357 e. The molecule has 5 rings (SSSR count). The van der Waals surface area contributed by atoms with E-state index in [4.69, 9.17) is 10.1 Å². The number of hydrogen-bond acceptors (Lipinski definition) is 6. The van der Waals surface area contributed by atoms with Gasteiger partial charge in [-0.25, -0.2) is 14.6 Å². The highest BCUT2D eigenvalue weighted by Gasteiger charge is 2.21. The maximum atomic E-state index is 12.6. The van der Waals surface area contributed by atoms with Crippen LogP contribution in [0.25, 0.3) is 21.7 Å². The lowest BCUT2D eigenvalue weighted by atomic mass is 10.1. The van der Waals surface area contributed by atoms with Gasteiger partial charge in [-0.05, 0) is 43.7 Å². The van der Waals surface area contributed by atoms with Crippen molar-refractivity contribution in [1.29, 1.82) is 0 Å². The van der Waals surface area contributed by atoms with Crippen LogP contribution in [0.1, 0.15) is 61.0 Å². The van der Waals surface area contributed by atoms with E-state index in [2.05, 4.69) is 27.3 Å². The van der Waals surface area contributed by atoms with Gasteiger partial charge in [-0.3, -0.25) is 4.79 Å². The van der Waals surface area contributed by atoms with E-state index in [0.29, 0.717) is 10.8 Å². The van der Waals surface area contributed by atoms with Gasteiger partial charge in [-0.15, -0.1) is 11.3 Å². The first kappa shape index (κ1) is 20.4. The van der Waals surface area contributed by atoms with Gasteiger partial charge < -0.3 is 10.2 Å². The van der Waals surface area contributed by atoms with E-state index in [1.807, 2.05) is 11.7 Å². The molecule has 1 saturated heterocycles. The van der Waals surface area contributed by atoms with Crippen LogP contribution in [0.15, 0.2) is 18.3 Å². The SMILES string of the molecule is Cn1nc(-c2ncc(C(=O)NCC3CCCC3)s2)c2ccc(N3CCCCCC3)nc21. The van der Waals surface area contributed by atoms with Crippen LogP contribution in [-0.2, 0) is 7.05 Å². The maximum absolute atomic E-state index is 12.6. The maximum Gasteiger partial charge on any atom is 0.263 e. The molecular formula is C23H30N6OS. The van der Waals surface area contributed by atoms with Crippen LogP contribution in [0.3, 0.4) is 0 Å². The smallest absolute Gasteiger partial charge is 0.263 e. The summed E-state index contributed by atoms with van der Waals surface area (Å²) in [6, 6.07) is 4.20. The molecule has 3 aromatic rings. The zero-order chi connectivity index (χ0) is 21.2. The third kappa shape index (κ3) is 4.31. The van der Waals surface area contributed by atoms with E-state index in [-0.39, 0.29) is 5.91 Å². The predicted octanol–water partition coefficient (Wildman–Crippen LogP) is 4.39. The van der Waals surface area contributed by atoms with Crippen molar-refractivity contribution in [1.82, 2.24) is 25.1 Å². The fraction of sp³-hybridized carbons (Fsp3) is 0.565. The topological polar surface area (TPSA) is 75.9 Å². The average molecular weight is 439 g/mol. The first-order chi connectivity index (χ1) is 15.2.